The van der Waals surface area contributed by atoms with Crippen molar-refractivity contribution in [3.63, 3.8) is 0 Å². The monoisotopic (exact) mass is 228 g/mol. The third-order valence-corrected chi connectivity index (χ3v) is 1.88. The highest BCUT2D eigenvalue weighted by Crippen LogP contribution is 2.33. The summed E-state index contributed by atoms with van der Waals surface area (Å²) in [6.07, 6.45) is -2.82. The highest BCUT2D eigenvalue weighted by molar-refractivity contribution is 5.58. The van der Waals surface area contributed by atoms with Gasteiger partial charge in [-0.25, -0.2) is 13.8 Å². The molecule has 1 aromatic heterocycles. The van der Waals surface area contributed by atoms with Crippen LogP contribution in [0.25, 0.3) is 0 Å². The summed E-state index contributed by atoms with van der Waals surface area (Å²) in [7, 11) is 0. The highest BCUT2D eigenvalue weighted by atomic mass is 19.3. The van der Waals surface area contributed by atoms with Crippen LogP contribution in [0.3, 0.4) is 0 Å². The van der Waals surface area contributed by atoms with E-state index >= 15 is 0 Å². The maximum absolute atomic E-state index is 12.5. The van der Waals surface area contributed by atoms with Crippen molar-refractivity contribution in [2.24, 2.45) is 0 Å². The molecule has 2 N–H and O–H groups in total. The van der Waals surface area contributed by atoms with Crippen molar-refractivity contribution in [2.45, 2.75) is 12.8 Å². The highest BCUT2D eigenvalue weighted by Gasteiger charge is 2.28. The first-order chi connectivity index (χ1) is 7.49. The van der Waals surface area contributed by atoms with E-state index in [2.05, 4.69) is 4.98 Å². The number of halogens is 2. The maximum atomic E-state index is 12.5. The molecule has 0 aromatic carbocycles. The maximum Gasteiger partial charge on any atom is 0.287 e. The molecule has 0 aliphatic heterocycles. The lowest BCUT2D eigenvalue weighted by atomic mass is 10.1. The van der Waals surface area contributed by atoms with Gasteiger partial charge < -0.3 is 5.73 Å². The summed E-state index contributed by atoms with van der Waals surface area (Å²) >= 11 is 0. The van der Waals surface area contributed by atoms with E-state index in [9.17, 15) is 18.9 Å². The molecule has 0 aliphatic rings. The molecule has 84 valence electrons. The third kappa shape index (κ3) is 2.03. The Morgan fingerprint density at radius 2 is 2.31 bits per heavy atom. The molecule has 0 saturated heterocycles. The van der Waals surface area contributed by atoms with Gasteiger partial charge in [-0.1, -0.05) is 0 Å². The molecule has 0 atom stereocenters. The Kier molecular flexibility index (Phi) is 3.30. The minimum Gasteiger partial charge on any atom is -0.383 e. The van der Waals surface area contributed by atoms with Crippen LogP contribution in [0.2, 0.25) is 0 Å². The van der Waals surface area contributed by atoms with Gasteiger partial charge >= 0.3 is 0 Å². The summed E-state index contributed by atoms with van der Waals surface area (Å²) in [6, 6.07) is 1.62. The normalized spacial score (nSPS) is 10.1. The van der Waals surface area contributed by atoms with Crippen LogP contribution in [0.1, 0.15) is 17.6 Å². The molecular formula is C8H6F2N4O2. The molecule has 0 unspecified atom stereocenters. The number of pyridine rings is 1. The molecule has 0 radical (unpaired) electrons. The van der Waals surface area contributed by atoms with Crippen LogP contribution >= 0.6 is 0 Å². The second-order valence-corrected chi connectivity index (χ2v) is 2.82. The Morgan fingerprint density at radius 3 is 2.75 bits per heavy atom. The van der Waals surface area contributed by atoms with Crippen LogP contribution in [0, 0.1) is 21.4 Å². The molecule has 16 heavy (non-hydrogen) atoms. The number of aromatic nitrogens is 1. The van der Waals surface area contributed by atoms with E-state index in [1.165, 1.54) is 0 Å². The molecule has 0 amide bonds. The van der Waals surface area contributed by atoms with Crippen molar-refractivity contribution in [2.75, 3.05) is 5.73 Å². The van der Waals surface area contributed by atoms with Crippen LogP contribution < -0.4 is 5.73 Å². The van der Waals surface area contributed by atoms with Gasteiger partial charge in [-0.2, -0.15) is 5.26 Å². The first-order valence-electron chi connectivity index (χ1n) is 4.05. The van der Waals surface area contributed by atoms with Crippen LogP contribution in [0.4, 0.5) is 20.3 Å². The molecule has 1 heterocycles. The minimum atomic E-state index is -3.04. The van der Waals surface area contributed by atoms with Gasteiger partial charge in [-0.3, -0.25) is 10.1 Å². The summed E-state index contributed by atoms with van der Waals surface area (Å²) in [5, 5.41) is 19.1. The van der Waals surface area contributed by atoms with E-state index in [0.29, 0.717) is 6.20 Å². The zero-order valence-electron chi connectivity index (χ0n) is 7.85. The van der Waals surface area contributed by atoms with Crippen molar-refractivity contribution in [3.05, 3.63) is 27.4 Å². The first kappa shape index (κ1) is 11.8. The lowest BCUT2D eigenvalue weighted by Crippen LogP contribution is -2.06. The van der Waals surface area contributed by atoms with Gasteiger partial charge in [0.05, 0.1) is 23.0 Å². The second kappa shape index (κ2) is 4.48. The predicted octanol–water partition coefficient (Wildman–Crippen LogP) is 1.58. The SMILES string of the molecule is N#CCc1c(N)ncc(C(F)F)c1[N+](=O)[O-]. The fourth-order valence-electron chi connectivity index (χ4n) is 1.20. The first-order valence-corrected chi connectivity index (χ1v) is 4.05. The van der Waals surface area contributed by atoms with Crippen molar-refractivity contribution in [3.8, 4) is 6.07 Å². The smallest absolute Gasteiger partial charge is 0.287 e. The fraction of sp³-hybridized carbons (Fsp3) is 0.250. The van der Waals surface area contributed by atoms with E-state index < -0.39 is 29.0 Å². The van der Waals surface area contributed by atoms with Gasteiger partial charge in [0.2, 0.25) is 0 Å². The molecular weight excluding hydrogens is 222 g/mol. The molecule has 1 rings (SSSR count). The van der Waals surface area contributed by atoms with E-state index in [1.54, 1.807) is 6.07 Å². The van der Waals surface area contributed by atoms with Crippen LogP contribution in [0.5, 0.6) is 0 Å². The molecule has 0 fully saturated rings. The standard InChI is InChI=1S/C8H6F2N4O2/c9-7(10)5-3-13-8(12)4(1-2-11)6(5)14(15)16/h3,7H,1H2,(H2,12,13). The number of hydrogen-bond donors (Lipinski definition) is 1. The van der Waals surface area contributed by atoms with E-state index in [0.717, 1.165) is 0 Å². The number of nitrogens with zero attached hydrogens (tertiary/aromatic N) is 3. The number of rotatable bonds is 3. The van der Waals surface area contributed by atoms with Crippen LogP contribution in [0.15, 0.2) is 6.20 Å². The lowest BCUT2D eigenvalue weighted by Gasteiger charge is -2.06. The van der Waals surface area contributed by atoms with Gasteiger partial charge in [-0.05, 0) is 0 Å². The third-order valence-electron chi connectivity index (χ3n) is 1.88. The largest absolute Gasteiger partial charge is 0.383 e. The zero-order chi connectivity index (χ0) is 12.3. The van der Waals surface area contributed by atoms with Crippen molar-refractivity contribution in [1.29, 1.82) is 5.26 Å². The number of alkyl halides is 2. The van der Waals surface area contributed by atoms with Crippen molar-refractivity contribution in [1.82, 2.24) is 4.98 Å². The van der Waals surface area contributed by atoms with Gasteiger partial charge in [-0.15, -0.1) is 0 Å². The number of nitro groups is 1. The minimum absolute atomic E-state index is 0.273. The van der Waals surface area contributed by atoms with Crippen LogP contribution in [-0.2, 0) is 6.42 Å². The summed E-state index contributed by atoms with van der Waals surface area (Å²) < 4.78 is 24.9. The Hall–Kier alpha value is -2.30. The van der Waals surface area contributed by atoms with Crippen molar-refractivity contribution >= 4 is 11.5 Å². The molecule has 6 nitrogen and oxygen atoms in total. The molecule has 0 saturated carbocycles. The Morgan fingerprint density at radius 1 is 1.69 bits per heavy atom. The zero-order valence-corrected chi connectivity index (χ0v) is 7.85. The Labute approximate surface area is 88.5 Å². The summed E-state index contributed by atoms with van der Waals surface area (Å²) in [5.74, 6) is -0.280. The fourth-order valence-corrected chi connectivity index (χ4v) is 1.20. The van der Waals surface area contributed by atoms with Gasteiger partial charge in [0.25, 0.3) is 12.1 Å². The topological polar surface area (TPSA) is 106 Å². The number of nitrogen functional groups attached to an aromatic ring is 1. The van der Waals surface area contributed by atoms with E-state index in [4.69, 9.17) is 11.0 Å². The summed E-state index contributed by atoms with van der Waals surface area (Å²) in [5.41, 5.74) is 3.37. The number of nitrogens with two attached hydrogens (primary N) is 1. The summed E-state index contributed by atoms with van der Waals surface area (Å²) in [6.45, 7) is 0. The number of anilines is 1. The van der Waals surface area contributed by atoms with E-state index in [-0.39, 0.29) is 11.4 Å². The number of nitriles is 1. The predicted molar refractivity (Wildman–Crippen MR) is 49.6 cm³/mol. The molecule has 8 heteroatoms. The van der Waals surface area contributed by atoms with Gasteiger partial charge in [0.15, 0.2) is 0 Å². The average Bonchev–Trinajstić information content (AvgIpc) is 2.20. The molecule has 0 aliphatic carbocycles. The van der Waals surface area contributed by atoms with Crippen molar-refractivity contribution < 1.29 is 13.7 Å². The molecule has 0 bridgehead atoms. The van der Waals surface area contributed by atoms with Gasteiger partial charge in [0, 0.05) is 6.20 Å². The van der Waals surface area contributed by atoms with Gasteiger partial charge in [0.1, 0.15) is 11.4 Å². The number of hydrogen-bond acceptors (Lipinski definition) is 5. The average molecular weight is 228 g/mol. The molecule has 1 aromatic rings. The molecule has 0 spiro atoms. The van der Waals surface area contributed by atoms with Crippen LogP contribution in [-0.4, -0.2) is 9.91 Å². The lowest BCUT2D eigenvalue weighted by molar-refractivity contribution is -0.386. The Bertz CT molecular complexity index is 470. The summed E-state index contributed by atoms with van der Waals surface area (Å²) in [4.78, 5) is 13.1. The second-order valence-electron chi connectivity index (χ2n) is 2.82. The van der Waals surface area contributed by atoms with E-state index in [1.807, 2.05) is 0 Å². The Balaban J connectivity index is 3.51. The quantitative estimate of drug-likeness (QED) is 0.624.